The molecule has 0 atom stereocenters. The van der Waals surface area contributed by atoms with Crippen LogP contribution in [0.5, 0.6) is 0 Å². The number of nitrogens with zero attached hydrogens (tertiary/aromatic N) is 3. The molecule has 0 spiro atoms. The fourth-order valence-electron chi connectivity index (χ4n) is 3.53. The molecule has 1 aliphatic rings. The van der Waals surface area contributed by atoms with Crippen molar-refractivity contribution in [3.05, 3.63) is 53.2 Å². The summed E-state index contributed by atoms with van der Waals surface area (Å²) in [6, 6.07) is 10.3. The molecule has 2 aromatic rings. The summed E-state index contributed by atoms with van der Waals surface area (Å²) >= 11 is 0. The molecule has 2 N–H and O–H groups in total. The van der Waals surface area contributed by atoms with Crippen LogP contribution in [0.1, 0.15) is 29.7 Å². The van der Waals surface area contributed by atoms with E-state index in [1.54, 1.807) is 29.2 Å². The molecule has 1 saturated heterocycles. The van der Waals surface area contributed by atoms with E-state index in [-0.39, 0.29) is 29.8 Å². The number of nitriles is 1. The van der Waals surface area contributed by atoms with Crippen LogP contribution in [-0.4, -0.2) is 38.7 Å². The number of sulfonamides is 1. The fraction of sp³-hybridized carbons (Fsp3) is 0.381. The first-order chi connectivity index (χ1) is 15.5. The number of amides is 1. The first-order valence-corrected chi connectivity index (χ1v) is 11.9. The predicted molar refractivity (Wildman–Crippen MR) is 116 cm³/mol. The number of carbonyl (C=O) groups is 1. The van der Waals surface area contributed by atoms with Gasteiger partial charge in [-0.3, -0.25) is 9.52 Å². The molecule has 0 aliphatic carbocycles. The molecule has 0 unspecified atom stereocenters. The summed E-state index contributed by atoms with van der Waals surface area (Å²) in [6.07, 6.45) is -2.74. The number of aromatic nitrogens is 1. The van der Waals surface area contributed by atoms with Crippen molar-refractivity contribution >= 4 is 27.4 Å². The maximum atomic E-state index is 13.0. The van der Waals surface area contributed by atoms with Gasteiger partial charge in [0.1, 0.15) is 17.6 Å². The Labute approximate surface area is 189 Å². The van der Waals surface area contributed by atoms with E-state index in [1.165, 1.54) is 0 Å². The van der Waals surface area contributed by atoms with Gasteiger partial charge in [0.05, 0.1) is 11.8 Å². The van der Waals surface area contributed by atoms with Gasteiger partial charge in [0.2, 0.25) is 15.9 Å². The van der Waals surface area contributed by atoms with E-state index in [1.807, 2.05) is 6.07 Å². The zero-order valence-corrected chi connectivity index (χ0v) is 18.5. The number of piperidine rings is 1. The lowest BCUT2D eigenvalue weighted by atomic mass is 9.95. The molecule has 3 rings (SSSR count). The lowest BCUT2D eigenvalue weighted by molar-refractivity contribution is -0.141. The molecule has 1 fully saturated rings. The van der Waals surface area contributed by atoms with E-state index in [4.69, 9.17) is 0 Å². The summed E-state index contributed by atoms with van der Waals surface area (Å²) in [4.78, 5) is 17.8. The molecule has 0 saturated carbocycles. The predicted octanol–water partition coefficient (Wildman–Crippen LogP) is 2.88. The minimum absolute atomic E-state index is 0.0195. The Balaban J connectivity index is 1.56. The van der Waals surface area contributed by atoms with Crippen molar-refractivity contribution in [3.8, 4) is 6.07 Å². The molecule has 33 heavy (non-hydrogen) atoms. The van der Waals surface area contributed by atoms with Gasteiger partial charge in [0.25, 0.3) is 0 Å². The summed E-state index contributed by atoms with van der Waals surface area (Å²) in [5, 5.41) is 12.1. The van der Waals surface area contributed by atoms with Crippen molar-refractivity contribution in [2.24, 2.45) is 5.92 Å². The van der Waals surface area contributed by atoms with E-state index < -0.39 is 21.9 Å². The maximum absolute atomic E-state index is 13.0. The van der Waals surface area contributed by atoms with Crippen LogP contribution in [-0.2, 0) is 27.5 Å². The molecule has 8 nitrogen and oxygen atoms in total. The molecule has 1 aromatic carbocycles. The van der Waals surface area contributed by atoms with Gasteiger partial charge < -0.3 is 10.2 Å². The number of nitrogens with one attached hydrogen (secondary N) is 2. The van der Waals surface area contributed by atoms with Crippen molar-refractivity contribution in [1.82, 2.24) is 10.3 Å². The van der Waals surface area contributed by atoms with Crippen molar-refractivity contribution < 1.29 is 26.4 Å². The summed E-state index contributed by atoms with van der Waals surface area (Å²) in [6.45, 7) is 0.853. The van der Waals surface area contributed by atoms with E-state index >= 15 is 0 Å². The summed E-state index contributed by atoms with van der Waals surface area (Å²) in [5.74, 6) is -0.511. The number of hydrogen-bond acceptors (Lipinski definition) is 6. The van der Waals surface area contributed by atoms with Crippen molar-refractivity contribution in [3.63, 3.8) is 0 Å². The smallest absolute Gasteiger partial charge is 0.355 e. The molecule has 1 aromatic heterocycles. The van der Waals surface area contributed by atoms with Crippen LogP contribution in [0.2, 0.25) is 0 Å². The number of carbonyl (C=O) groups excluding carboxylic acids is 1. The Morgan fingerprint density at radius 1 is 1.18 bits per heavy atom. The van der Waals surface area contributed by atoms with Crippen LogP contribution >= 0.6 is 0 Å². The highest BCUT2D eigenvalue weighted by atomic mass is 32.2. The monoisotopic (exact) mass is 481 g/mol. The minimum atomic E-state index is -4.61. The summed E-state index contributed by atoms with van der Waals surface area (Å²) < 4.78 is 63.9. The number of halogens is 3. The molecular weight excluding hydrogens is 459 g/mol. The molecule has 0 bridgehead atoms. The topological polar surface area (TPSA) is 115 Å². The number of anilines is 2. The molecular formula is C21H22F3N5O3S. The average molecular weight is 482 g/mol. The van der Waals surface area contributed by atoms with Crippen LogP contribution in [0.4, 0.5) is 24.7 Å². The number of rotatable bonds is 6. The van der Waals surface area contributed by atoms with Gasteiger partial charge in [-0.15, -0.1) is 0 Å². The number of pyridine rings is 1. The third-order valence-corrected chi connectivity index (χ3v) is 5.78. The molecule has 2 heterocycles. The van der Waals surface area contributed by atoms with Crippen LogP contribution in [0.25, 0.3) is 0 Å². The second-order valence-corrected chi connectivity index (χ2v) is 9.48. The van der Waals surface area contributed by atoms with Gasteiger partial charge in [-0.05, 0) is 42.7 Å². The molecule has 12 heteroatoms. The third kappa shape index (κ3) is 6.58. The van der Waals surface area contributed by atoms with Crippen LogP contribution in [0.3, 0.4) is 0 Å². The largest absolute Gasteiger partial charge is 0.433 e. The van der Waals surface area contributed by atoms with Gasteiger partial charge in [0, 0.05) is 31.2 Å². The summed E-state index contributed by atoms with van der Waals surface area (Å²) in [7, 11) is -3.37. The SMILES string of the molecule is CS(=O)(=O)Nc1ccc(CNC(=O)C2CCN(c3nc(C(F)(F)F)ccc3C#N)CC2)cc1. The van der Waals surface area contributed by atoms with Crippen molar-refractivity contribution in [1.29, 1.82) is 5.26 Å². The zero-order chi connectivity index (χ0) is 24.2. The van der Waals surface area contributed by atoms with Gasteiger partial charge in [-0.25, -0.2) is 13.4 Å². The fourth-order valence-corrected chi connectivity index (χ4v) is 4.09. The lowest BCUT2D eigenvalue weighted by Crippen LogP contribution is -2.41. The van der Waals surface area contributed by atoms with Crippen LogP contribution < -0.4 is 14.9 Å². The second-order valence-electron chi connectivity index (χ2n) is 7.73. The first-order valence-electron chi connectivity index (χ1n) is 10.0. The van der Waals surface area contributed by atoms with E-state index in [0.717, 1.165) is 24.0 Å². The van der Waals surface area contributed by atoms with Gasteiger partial charge in [0.15, 0.2) is 0 Å². The van der Waals surface area contributed by atoms with Crippen molar-refractivity contribution in [2.45, 2.75) is 25.6 Å². The molecule has 176 valence electrons. The Morgan fingerprint density at radius 3 is 2.36 bits per heavy atom. The van der Waals surface area contributed by atoms with Gasteiger partial charge in [-0.1, -0.05) is 12.1 Å². The van der Waals surface area contributed by atoms with Gasteiger partial charge >= 0.3 is 6.18 Å². The van der Waals surface area contributed by atoms with E-state index in [0.29, 0.717) is 31.6 Å². The molecule has 1 aliphatic heterocycles. The van der Waals surface area contributed by atoms with Crippen LogP contribution in [0, 0.1) is 17.2 Å². The number of benzene rings is 1. The Kier molecular flexibility index (Phi) is 7.12. The molecule has 0 radical (unpaired) electrons. The van der Waals surface area contributed by atoms with Gasteiger partial charge in [-0.2, -0.15) is 18.4 Å². The highest BCUT2D eigenvalue weighted by Crippen LogP contribution is 2.32. The minimum Gasteiger partial charge on any atom is -0.355 e. The van der Waals surface area contributed by atoms with Crippen LogP contribution in [0.15, 0.2) is 36.4 Å². The third-order valence-electron chi connectivity index (χ3n) is 5.18. The quantitative estimate of drug-likeness (QED) is 0.656. The molecule has 1 amide bonds. The number of alkyl halides is 3. The Morgan fingerprint density at radius 2 is 1.82 bits per heavy atom. The van der Waals surface area contributed by atoms with E-state index in [9.17, 15) is 31.6 Å². The lowest BCUT2D eigenvalue weighted by Gasteiger charge is -2.32. The zero-order valence-electron chi connectivity index (χ0n) is 17.7. The number of hydrogen-bond donors (Lipinski definition) is 2. The summed E-state index contributed by atoms with van der Waals surface area (Å²) in [5.41, 5.74) is 0.195. The standard InChI is InChI=1S/C21H22F3N5O3S/c1-33(31,32)28-17-5-2-14(3-6-17)13-26-20(30)15-8-10-29(11-9-15)19-16(12-25)4-7-18(27-19)21(22,23)24/h2-7,15,28H,8-11,13H2,1H3,(H,26,30). The maximum Gasteiger partial charge on any atom is 0.433 e. The normalized spacial score (nSPS) is 15.1. The first kappa shape index (κ1) is 24.3. The average Bonchev–Trinajstić information content (AvgIpc) is 2.76. The van der Waals surface area contributed by atoms with Crippen molar-refractivity contribution in [2.75, 3.05) is 29.0 Å². The highest BCUT2D eigenvalue weighted by Gasteiger charge is 2.34. The van der Waals surface area contributed by atoms with E-state index in [2.05, 4.69) is 15.0 Å². The second kappa shape index (κ2) is 9.66. The Bertz CT molecular complexity index is 1150. The Hall–Kier alpha value is -3.33. The highest BCUT2D eigenvalue weighted by molar-refractivity contribution is 7.92.